The average molecular weight is 303 g/mol. The molecule has 1 heterocycles. The van der Waals surface area contributed by atoms with Crippen molar-refractivity contribution in [3.8, 4) is 5.75 Å². The molecule has 0 aliphatic carbocycles. The fourth-order valence-electron chi connectivity index (χ4n) is 1.77. The number of furan rings is 1. The van der Waals surface area contributed by atoms with Gasteiger partial charge < -0.3 is 14.1 Å². The molecule has 116 valence electrons. The molecule has 1 aromatic carbocycles. The lowest BCUT2D eigenvalue weighted by molar-refractivity contribution is -0.125. The minimum atomic E-state index is -0.307. The maximum absolute atomic E-state index is 12.7. The Bertz CT molecular complexity index is 646. The van der Waals surface area contributed by atoms with Gasteiger partial charge in [-0.15, -0.1) is 0 Å². The van der Waals surface area contributed by atoms with E-state index in [9.17, 15) is 9.18 Å². The summed E-state index contributed by atoms with van der Waals surface area (Å²) < 4.78 is 23.5. The second-order valence-electron chi connectivity index (χ2n) is 4.84. The number of carbonyl (C=O) groups excluding carboxylic acids is 1. The third-order valence-electron chi connectivity index (χ3n) is 3.04. The summed E-state index contributed by atoms with van der Waals surface area (Å²) >= 11 is 0. The second-order valence-corrected chi connectivity index (χ2v) is 4.84. The monoisotopic (exact) mass is 303 g/mol. The zero-order valence-electron chi connectivity index (χ0n) is 12.6. The van der Waals surface area contributed by atoms with E-state index >= 15 is 0 Å². The van der Waals surface area contributed by atoms with Crippen LogP contribution in [0.15, 0.2) is 46.9 Å². The third kappa shape index (κ3) is 4.77. The number of rotatable bonds is 6. The van der Waals surface area contributed by atoms with Crippen LogP contribution in [0.4, 0.5) is 4.39 Å². The normalized spacial score (nSPS) is 10.9. The van der Waals surface area contributed by atoms with Crippen molar-refractivity contribution in [2.45, 2.75) is 6.92 Å². The highest BCUT2D eigenvalue weighted by atomic mass is 19.1. The molecule has 2 rings (SSSR count). The van der Waals surface area contributed by atoms with Gasteiger partial charge in [0.1, 0.15) is 29.7 Å². The van der Waals surface area contributed by atoms with Crippen LogP contribution in [0, 0.1) is 12.7 Å². The smallest absolute Gasteiger partial charge is 0.246 e. The van der Waals surface area contributed by atoms with Crippen molar-refractivity contribution in [3.63, 3.8) is 0 Å². The van der Waals surface area contributed by atoms with E-state index < -0.39 is 0 Å². The predicted octanol–water partition coefficient (Wildman–Crippen LogP) is 3.28. The summed E-state index contributed by atoms with van der Waals surface area (Å²) in [7, 11) is 1.69. The zero-order chi connectivity index (χ0) is 15.9. The molecule has 0 saturated heterocycles. The minimum absolute atomic E-state index is 0.142. The van der Waals surface area contributed by atoms with Crippen LogP contribution in [0.2, 0.25) is 0 Å². The predicted molar refractivity (Wildman–Crippen MR) is 82.0 cm³/mol. The molecule has 0 bridgehead atoms. The molecule has 0 aliphatic rings. The lowest BCUT2D eigenvalue weighted by atomic mass is 10.3. The maximum Gasteiger partial charge on any atom is 0.246 e. The first-order valence-electron chi connectivity index (χ1n) is 6.92. The Morgan fingerprint density at radius 3 is 2.64 bits per heavy atom. The van der Waals surface area contributed by atoms with Crippen LogP contribution in [0.5, 0.6) is 5.75 Å². The highest BCUT2D eigenvalue weighted by Gasteiger charge is 2.05. The molecule has 0 atom stereocenters. The molecule has 0 aliphatic heterocycles. The van der Waals surface area contributed by atoms with E-state index in [1.54, 1.807) is 31.3 Å². The van der Waals surface area contributed by atoms with Crippen LogP contribution in [0.3, 0.4) is 0 Å². The van der Waals surface area contributed by atoms with E-state index in [4.69, 9.17) is 9.15 Å². The molecule has 0 fully saturated rings. The molecule has 0 saturated carbocycles. The molecule has 0 N–H and O–H groups in total. The number of likely N-dealkylation sites (N-methyl/N-ethyl adjacent to an activating group) is 1. The topological polar surface area (TPSA) is 42.7 Å². The summed E-state index contributed by atoms with van der Waals surface area (Å²) in [6.07, 6.45) is 3.09. The standard InChI is InChI=1S/C17H18FNO3/c1-13-3-6-16(22-13)9-10-17(20)19(2)11-12-21-15-7-4-14(18)5-8-15/h3-10H,11-12H2,1-2H3/b10-9+. The molecule has 0 spiro atoms. The van der Waals surface area contributed by atoms with Crippen LogP contribution in [0.1, 0.15) is 11.5 Å². The van der Waals surface area contributed by atoms with E-state index in [0.717, 1.165) is 5.76 Å². The van der Waals surface area contributed by atoms with Gasteiger partial charge in [0.05, 0.1) is 6.54 Å². The number of aryl methyl sites for hydroxylation is 1. The van der Waals surface area contributed by atoms with E-state index in [1.807, 2.05) is 13.0 Å². The van der Waals surface area contributed by atoms with Gasteiger partial charge in [0.15, 0.2) is 0 Å². The van der Waals surface area contributed by atoms with Crippen LogP contribution in [0.25, 0.3) is 6.08 Å². The van der Waals surface area contributed by atoms with Crippen molar-refractivity contribution in [2.24, 2.45) is 0 Å². The minimum Gasteiger partial charge on any atom is -0.492 e. The van der Waals surface area contributed by atoms with E-state index in [2.05, 4.69) is 0 Å². The van der Waals surface area contributed by atoms with E-state index in [1.165, 1.54) is 23.1 Å². The SMILES string of the molecule is Cc1ccc(/C=C/C(=O)N(C)CCOc2ccc(F)cc2)o1. The molecule has 4 nitrogen and oxygen atoms in total. The fraction of sp³-hybridized carbons (Fsp3) is 0.235. The van der Waals surface area contributed by atoms with Crippen molar-refractivity contribution < 1.29 is 18.3 Å². The van der Waals surface area contributed by atoms with Crippen LogP contribution in [-0.4, -0.2) is 31.0 Å². The molecule has 1 aromatic heterocycles. The first-order chi connectivity index (χ1) is 10.5. The highest BCUT2D eigenvalue weighted by molar-refractivity contribution is 5.91. The summed E-state index contributed by atoms with van der Waals surface area (Å²) in [5, 5.41) is 0. The first kappa shape index (κ1) is 15.8. The Labute approximate surface area is 128 Å². The van der Waals surface area contributed by atoms with Gasteiger partial charge in [-0.2, -0.15) is 0 Å². The Balaban J connectivity index is 1.76. The molecule has 22 heavy (non-hydrogen) atoms. The van der Waals surface area contributed by atoms with Gasteiger partial charge in [-0.25, -0.2) is 4.39 Å². The average Bonchev–Trinajstić information content (AvgIpc) is 2.92. The van der Waals surface area contributed by atoms with Gasteiger partial charge in [0.2, 0.25) is 5.91 Å². The van der Waals surface area contributed by atoms with E-state index in [0.29, 0.717) is 24.7 Å². The van der Waals surface area contributed by atoms with Crippen molar-refractivity contribution in [3.05, 3.63) is 59.8 Å². The Morgan fingerprint density at radius 2 is 2.00 bits per heavy atom. The van der Waals surface area contributed by atoms with Crippen LogP contribution in [-0.2, 0) is 4.79 Å². The van der Waals surface area contributed by atoms with Crippen molar-refractivity contribution in [2.75, 3.05) is 20.2 Å². The number of halogens is 1. The lowest BCUT2D eigenvalue weighted by Gasteiger charge is -2.15. The van der Waals surface area contributed by atoms with Gasteiger partial charge in [-0.1, -0.05) is 0 Å². The van der Waals surface area contributed by atoms with Crippen molar-refractivity contribution in [1.82, 2.24) is 4.90 Å². The van der Waals surface area contributed by atoms with E-state index in [-0.39, 0.29) is 11.7 Å². The number of ether oxygens (including phenoxy) is 1. The molecule has 0 unspecified atom stereocenters. The number of carbonyl (C=O) groups is 1. The fourth-order valence-corrected chi connectivity index (χ4v) is 1.77. The van der Waals surface area contributed by atoms with Gasteiger partial charge >= 0.3 is 0 Å². The lowest BCUT2D eigenvalue weighted by Crippen LogP contribution is -2.29. The van der Waals surface area contributed by atoms with Crippen LogP contribution < -0.4 is 4.74 Å². The van der Waals surface area contributed by atoms with Crippen molar-refractivity contribution >= 4 is 12.0 Å². The van der Waals surface area contributed by atoms with Crippen molar-refractivity contribution in [1.29, 1.82) is 0 Å². The largest absolute Gasteiger partial charge is 0.492 e. The number of benzene rings is 1. The Hall–Kier alpha value is -2.56. The molecular weight excluding hydrogens is 285 g/mol. The second kappa shape index (κ2) is 7.45. The molecular formula is C17H18FNO3. The summed E-state index contributed by atoms with van der Waals surface area (Å²) in [5.41, 5.74) is 0. The first-order valence-corrected chi connectivity index (χ1v) is 6.92. The molecule has 2 aromatic rings. The van der Waals surface area contributed by atoms with Gasteiger partial charge in [-0.05, 0) is 49.4 Å². The maximum atomic E-state index is 12.7. The summed E-state index contributed by atoms with van der Waals surface area (Å²) in [4.78, 5) is 13.4. The third-order valence-corrected chi connectivity index (χ3v) is 3.04. The summed E-state index contributed by atoms with van der Waals surface area (Å²) in [5.74, 6) is 1.56. The Kier molecular flexibility index (Phi) is 5.36. The Morgan fingerprint density at radius 1 is 1.27 bits per heavy atom. The van der Waals surface area contributed by atoms with Gasteiger partial charge in [0, 0.05) is 13.1 Å². The highest BCUT2D eigenvalue weighted by Crippen LogP contribution is 2.11. The number of nitrogens with zero attached hydrogens (tertiary/aromatic N) is 1. The number of hydrogen-bond acceptors (Lipinski definition) is 3. The van der Waals surface area contributed by atoms with Gasteiger partial charge in [0.25, 0.3) is 0 Å². The zero-order valence-corrected chi connectivity index (χ0v) is 12.6. The summed E-state index contributed by atoms with van der Waals surface area (Å²) in [6, 6.07) is 9.41. The van der Waals surface area contributed by atoms with Crippen LogP contribution >= 0.6 is 0 Å². The van der Waals surface area contributed by atoms with Gasteiger partial charge in [-0.3, -0.25) is 4.79 Å². The number of hydrogen-bond donors (Lipinski definition) is 0. The quantitative estimate of drug-likeness (QED) is 0.769. The molecule has 1 amide bonds. The molecule has 0 radical (unpaired) electrons. The number of amides is 1. The summed E-state index contributed by atoms with van der Waals surface area (Å²) in [6.45, 7) is 2.61. The molecule has 5 heteroatoms.